The Bertz CT molecular complexity index is 861. The number of nitrogens with two attached hydrogens (primary N) is 1. The van der Waals surface area contributed by atoms with Gasteiger partial charge in [-0.3, -0.25) is 0 Å². The first-order chi connectivity index (χ1) is 11.5. The number of aryl methyl sites for hydroxylation is 1. The number of rotatable bonds is 3. The van der Waals surface area contributed by atoms with E-state index in [0.29, 0.717) is 5.69 Å². The molecule has 1 aliphatic heterocycles. The van der Waals surface area contributed by atoms with Crippen LogP contribution in [0.4, 0.5) is 5.69 Å². The number of carboxylic acid groups (broad SMARTS) is 1. The highest BCUT2D eigenvalue weighted by atomic mass is 127. The molecule has 0 amide bonds. The molecule has 0 saturated carbocycles. The summed E-state index contributed by atoms with van der Waals surface area (Å²) >= 11 is 2.26. The Labute approximate surface area is 153 Å². The standard InChI is InChI=1S/C18H16IN3O2/c1-11-5-6-13(18(23)24)9-16(11)22-17(20)14(10-21-22)7-12-3-2-4-15(19)8-12/h2-10,17H,20H2,1H3,(H,23,24). The Morgan fingerprint density at radius 3 is 2.83 bits per heavy atom. The van der Waals surface area contributed by atoms with E-state index in [-0.39, 0.29) is 5.56 Å². The van der Waals surface area contributed by atoms with E-state index in [1.807, 2.05) is 31.2 Å². The third-order valence-corrected chi connectivity index (χ3v) is 4.49. The lowest BCUT2D eigenvalue weighted by atomic mass is 10.1. The number of aromatic carboxylic acids is 1. The van der Waals surface area contributed by atoms with Gasteiger partial charge >= 0.3 is 5.97 Å². The molecule has 3 N–H and O–H groups in total. The maximum Gasteiger partial charge on any atom is 0.335 e. The van der Waals surface area contributed by atoms with E-state index in [0.717, 1.165) is 20.3 Å². The highest BCUT2D eigenvalue weighted by Gasteiger charge is 2.25. The van der Waals surface area contributed by atoms with Crippen LogP contribution in [0.2, 0.25) is 0 Å². The van der Waals surface area contributed by atoms with Crippen LogP contribution in [0.1, 0.15) is 21.5 Å². The lowest BCUT2D eigenvalue weighted by Gasteiger charge is -2.23. The number of nitrogens with zero attached hydrogens (tertiary/aromatic N) is 2. The summed E-state index contributed by atoms with van der Waals surface area (Å²) in [7, 11) is 0. The third-order valence-electron chi connectivity index (χ3n) is 3.82. The molecule has 1 unspecified atom stereocenters. The molecule has 2 aromatic carbocycles. The molecule has 122 valence electrons. The van der Waals surface area contributed by atoms with Gasteiger partial charge in [-0.2, -0.15) is 5.10 Å². The molecule has 2 aromatic rings. The fraction of sp³-hybridized carbons (Fsp3) is 0.111. The maximum atomic E-state index is 11.2. The van der Waals surface area contributed by atoms with Gasteiger partial charge in [0.1, 0.15) is 6.17 Å². The monoisotopic (exact) mass is 433 g/mol. The van der Waals surface area contributed by atoms with Gasteiger partial charge in [-0.25, -0.2) is 9.80 Å². The van der Waals surface area contributed by atoms with Crippen molar-refractivity contribution in [1.82, 2.24) is 0 Å². The first-order valence-corrected chi connectivity index (χ1v) is 8.43. The fourth-order valence-corrected chi connectivity index (χ4v) is 3.10. The second-order valence-electron chi connectivity index (χ2n) is 5.54. The van der Waals surface area contributed by atoms with Crippen molar-refractivity contribution in [3.8, 4) is 0 Å². The van der Waals surface area contributed by atoms with Crippen molar-refractivity contribution in [1.29, 1.82) is 0 Å². The predicted octanol–water partition coefficient (Wildman–Crippen LogP) is 3.47. The number of hydrazone groups is 1. The van der Waals surface area contributed by atoms with Gasteiger partial charge in [0.25, 0.3) is 0 Å². The van der Waals surface area contributed by atoms with Crippen molar-refractivity contribution in [3.05, 3.63) is 68.3 Å². The molecule has 0 radical (unpaired) electrons. The second kappa shape index (κ2) is 6.74. The van der Waals surface area contributed by atoms with Crippen LogP contribution < -0.4 is 10.7 Å². The van der Waals surface area contributed by atoms with Crippen molar-refractivity contribution < 1.29 is 9.90 Å². The maximum absolute atomic E-state index is 11.2. The van der Waals surface area contributed by atoms with Gasteiger partial charge in [-0.1, -0.05) is 18.2 Å². The second-order valence-corrected chi connectivity index (χ2v) is 6.79. The molecule has 0 saturated heterocycles. The van der Waals surface area contributed by atoms with E-state index in [1.165, 1.54) is 0 Å². The number of carbonyl (C=O) groups is 1. The Morgan fingerprint density at radius 2 is 2.12 bits per heavy atom. The number of benzene rings is 2. The number of hydrogen-bond donors (Lipinski definition) is 2. The van der Waals surface area contributed by atoms with Gasteiger partial charge in [-0.15, -0.1) is 0 Å². The van der Waals surface area contributed by atoms with Crippen LogP contribution in [0.5, 0.6) is 0 Å². The fourth-order valence-electron chi connectivity index (χ4n) is 2.53. The largest absolute Gasteiger partial charge is 0.478 e. The van der Waals surface area contributed by atoms with Crippen molar-refractivity contribution in [2.24, 2.45) is 10.8 Å². The molecule has 0 spiro atoms. The van der Waals surface area contributed by atoms with E-state index in [4.69, 9.17) is 5.73 Å². The molecule has 1 atom stereocenters. The van der Waals surface area contributed by atoms with Crippen molar-refractivity contribution in [2.45, 2.75) is 13.1 Å². The van der Waals surface area contributed by atoms with Crippen LogP contribution in [0.3, 0.4) is 0 Å². The van der Waals surface area contributed by atoms with E-state index in [2.05, 4.69) is 33.8 Å². The molecule has 0 fully saturated rings. The molecular formula is C18H16IN3O2. The Balaban J connectivity index is 1.92. The van der Waals surface area contributed by atoms with Gasteiger partial charge in [0.05, 0.1) is 17.5 Å². The molecule has 5 nitrogen and oxygen atoms in total. The van der Waals surface area contributed by atoms with Crippen molar-refractivity contribution in [3.63, 3.8) is 0 Å². The van der Waals surface area contributed by atoms with Gasteiger partial charge in [0.2, 0.25) is 0 Å². The van der Waals surface area contributed by atoms with Crippen LogP contribution in [0.15, 0.2) is 53.1 Å². The zero-order valence-electron chi connectivity index (χ0n) is 13.0. The number of carboxylic acids is 1. The Morgan fingerprint density at radius 1 is 1.33 bits per heavy atom. The molecule has 1 heterocycles. The molecule has 0 aliphatic carbocycles. The summed E-state index contributed by atoms with van der Waals surface area (Å²) in [5.74, 6) is -0.970. The SMILES string of the molecule is Cc1ccc(C(=O)O)cc1N1N=CC(=Cc2cccc(I)c2)C1N. The minimum Gasteiger partial charge on any atom is -0.478 e. The molecule has 0 bridgehead atoms. The van der Waals surface area contributed by atoms with Crippen LogP contribution in [-0.2, 0) is 0 Å². The van der Waals surface area contributed by atoms with Gasteiger partial charge in [0, 0.05) is 9.14 Å². The molecule has 1 aliphatic rings. The summed E-state index contributed by atoms with van der Waals surface area (Å²) in [6.07, 6.45) is 3.26. The summed E-state index contributed by atoms with van der Waals surface area (Å²) in [6.45, 7) is 1.91. The minimum absolute atomic E-state index is 0.216. The van der Waals surface area contributed by atoms with Gasteiger partial charge < -0.3 is 10.8 Å². The molecule has 6 heteroatoms. The number of anilines is 1. The zero-order chi connectivity index (χ0) is 17.3. The Kier molecular flexibility index (Phi) is 4.68. The quantitative estimate of drug-likeness (QED) is 0.727. The van der Waals surface area contributed by atoms with E-state index in [9.17, 15) is 9.90 Å². The predicted molar refractivity (Wildman–Crippen MR) is 104 cm³/mol. The summed E-state index contributed by atoms with van der Waals surface area (Å²) in [6, 6.07) is 13.0. The number of hydrogen-bond acceptors (Lipinski definition) is 4. The molecule has 0 aromatic heterocycles. The highest BCUT2D eigenvalue weighted by molar-refractivity contribution is 14.1. The van der Waals surface area contributed by atoms with Crippen molar-refractivity contribution >= 4 is 46.5 Å². The smallest absolute Gasteiger partial charge is 0.335 e. The zero-order valence-corrected chi connectivity index (χ0v) is 15.1. The van der Waals surface area contributed by atoms with Crippen molar-refractivity contribution in [2.75, 3.05) is 5.01 Å². The minimum atomic E-state index is -0.970. The van der Waals surface area contributed by atoms with Crippen LogP contribution >= 0.6 is 22.6 Å². The molecular weight excluding hydrogens is 417 g/mol. The van der Waals surface area contributed by atoms with Crippen LogP contribution in [0.25, 0.3) is 6.08 Å². The summed E-state index contributed by atoms with van der Waals surface area (Å²) < 4.78 is 1.15. The molecule has 24 heavy (non-hydrogen) atoms. The highest BCUT2D eigenvalue weighted by Crippen LogP contribution is 2.28. The average molecular weight is 433 g/mol. The van der Waals surface area contributed by atoms with E-state index < -0.39 is 12.1 Å². The summed E-state index contributed by atoms with van der Waals surface area (Å²) in [4.78, 5) is 11.2. The van der Waals surface area contributed by atoms with Gasteiger partial charge in [-0.05, 0) is 71.0 Å². The van der Waals surface area contributed by atoms with E-state index in [1.54, 1.807) is 29.4 Å². The lowest BCUT2D eigenvalue weighted by molar-refractivity contribution is 0.0697. The topological polar surface area (TPSA) is 78.9 Å². The van der Waals surface area contributed by atoms with Crippen LogP contribution in [-0.4, -0.2) is 23.5 Å². The summed E-state index contributed by atoms with van der Waals surface area (Å²) in [5.41, 5.74) is 10.1. The summed E-state index contributed by atoms with van der Waals surface area (Å²) in [5, 5.41) is 15.2. The first kappa shape index (κ1) is 16.7. The average Bonchev–Trinajstić information content (AvgIpc) is 2.88. The normalized spacial score (nSPS) is 18.4. The number of halogens is 1. The first-order valence-electron chi connectivity index (χ1n) is 7.35. The van der Waals surface area contributed by atoms with Crippen LogP contribution in [0, 0.1) is 10.5 Å². The molecule has 3 rings (SSSR count). The third kappa shape index (κ3) is 3.34. The van der Waals surface area contributed by atoms with E-state index >= 15 is 0 Å². The Hall–Kier alpha value is -2.19. The lowest BCUT2D eigenvalue weighted by Crippen LogP contribution is -2.36. The van der Waals surface area contributed by atoms with Gasteiger partial charge in [0.15, 0.2) is 0 Å².